The average Bonchev–Trinajstić information content (AvgIpc) is 2.58. The van der Waals surface area contributed by atoms with Crippen LogP contribution in [0.15, 0.2) is 42.5 Å². The van der Waals surface area contributed by atoms with Gasteiger partial charge in [-0.2, -0.15) is 26.9 Å². The molecule has 0 spiro atoms. The molecular weight excluding hydrogens is 401 g/mol. The van der Waals surface area contributed by atoms with E-state index in [2.05, 4.69) is 9.50 Å². The monoisotopic (exact) mass is 413 g/mol. The van der Waals surface area contributed by atoms with Crippen molar-refractivity contribution in [2.45, 2.75) is 18.5 Å². The van der Waals surface area contributed by atoms with Gasteiger partial charge in [-0.25, -0.2) is 0 Å². The topological polar surface area (TPSA) is 119 Å². The summed E-state index contributed by atoms with van der Waals surface area (Å²) in [5, 5.41) is 22.9. The van der Waals surface area contributed by atoms with E-state index in [1.807, 2.05) is 6.07 Å². The highest BCUT2D eigenvalue weighted by molar-refractivity contribution is 7.88. The number of carbonyl (C=O) groups is 1. The lowest BCUT2D eigenvalue weighted by atomic mass is 10.0. The summed E-state index contributed by atoms with van der Waals surface area (Å²) in [6.07, 6.45) is 0. The number of halogens is 3. The van der Waals surface area contributed by atoms with Gasteiger partial charge in [-0.05, 0) is 54.4 Å². The lowest BCUT2D eigenvalue weighted by Crippen LogP contribution is -2.34. The van der Waals surface area contributed by atoms with Crippen LogP contribution in [0.1, 0.15) is 22.7 Å². The van der Waals surface area contributed by atoms with Crippen molar-refractivity contribution >= 4 is 21.8 Å². The van der Waals surface area contributed by atoms with Crippen molar-refractivity contribution < 1.29 is 35.7 Å². The third kappa shape index (κ3) is 4.92. The Morgan fingerprint density at radius 2 is 1.82 bits per heavy atom. The lowest BCUT2D eigenvalue weighted by molar-refractivity contribution is -0.307. The summed E-state index contributed by atoms with van der Waals surface area (Å²) in [5.41, 5.74) is -4.83. The van der Waals surface area contributed by atoms with Crippen LogP contribution >= 0.6 is 0 Å². The van der Waals surface area contributed by atoms with Crippen molar-refractivity contribution in [1.82, 2.24) is 0 Å². The molecule has 28 heavy (non-hydrogen) atoms. The van der Waals surface area contributed by atoms with Crippen LogP contribution in [0.25, 0.3) is 0 Å². The maximum atomic E-state index is 12.5. The second-order valence-corrected chi connectivity index (χ2v) is 7.19. The minimum atomic E-state index is -5.91. The number of nitriles is 1. The van der Waals surface area contributed by atoms with E-state index in [9.17, 15) is 31.5 Å². The molecule has 0 aliphatic rings. The molecule has 1 N–H and O–H groups in total. The molecule has 1 atom stereocenters. The van der Waals surface area contributed by atoms with Crippen LogP contribution in [-0.4, -0.2) is 19.9 Å². The molecule has 1 unspecified atom stereocenters. The second-order valence-electron chi connectivity index (χ2n) is 5.65. The molecule has 148 valence electrons. The number of anilines is 1. The first-order valence-electron chi connectivity index (χ1n) is 7.53. The maximum Gasteiger partial charge on any atom is 0.534 e. The van der Waals surface area contributed by atoms with E-state index in [0.717, 1.165) is 12.1 Å². The first-order chi connectivity index (χ1) is 12.9. The van der Waals surface area contributed by atoms with Gasteiger partial charge in [-0.15, -0.1) is 0 Å². The maximum absolute atomic E-state index is 12.5. The number of nitrogens with zero attached hydrogens (tertiary/aromatic N) is 1. The van der Waals surface area contributed by atoms with Crippen molar-refractivity contribution in [3.63, 3.8) is 0 Å². The first kappa shape index (κ1) is 21.0. The Kier molecular flexibility index (Phi) is 5.84. The molecule has 0 saturated carbocycles. The summed E-state index contributed by atoms with van der Waals surface area (Å²) in [7, 11) is -5.91. The Labute approximate surface area is 158 Å². The third-order valence-electron chi connectivity index (χ3n) is 3.46. The first-order valence-corrected chi connectivity index (χ1v) is 8.93. The van der Waals surface area contributed by atoms with Crippen LogP contribution < -0.4 is 14.6 Å². The molecular formula is C17H12F3N2O5S-. The molecule has 0 aliphatic heterocycles. The molecule has 0 radical (unpaired) electrons. The van der Waals surface area contributed by atoms with Gasteiger partial charge in [0.1, 0.15) is 5.75 Å². The smallest absolute Gasteiger partial charge is 0.534 e. The zero-order valence-electron chi connectivity index (χ0n) is 14.1. The summed E-state index contributed by atoms with van der Waals surface area (Å²) < 4.78 is 63.9. The standard InChI is InChI=1S/C17H13F3N2O5S/c1-10-6-12(8-14(7-10)27-28(25,26)17(18,19)20)15(16(23)24)22-13-4-2-11(9-21)3-5-13/h2-8,15,22H,1H3,(H,23,24)/p-1. The molecule has 0 saturated heterocycles. The summed E-state index contributed by atoms with van der Waals surface area (Å²) in [6, 6.07) is 9.26. The number of carbonyl (C=O) groups excluding carboxylic acids is 1. The van der Waals surface area contributed by atoms with Crippen LogP contribution in [0, 0.1) is 18.3 Å². The predicted molar refractivity (Wildman–Crippen MR) is 89.3 cm³/mol. The van der Waals surface area contributed by atoms with Gasteiger partial charge < -0.3 is 19.4 Å². The molecule has 0 bridgehead atoms. The normalized spacial score (nSPS) is 12.7. The Balaban J connectivity index is 2.38. The van der Waals surface area contributed by atoms with Gasteiger partial charge in [0.05, 0.1) is 23.6 Å². The second kappa shape index (κ2) is 7.77. The SMILES string of the molecule is Cc1cc(OS(=O)(=O)C(F)(F)F)cc(C(Nc2ccc(C#N)cc2)C(=O)[O-])c1. The number of rotatable bonds is 6. The summed E-state index contributed by atoms with van der Waals surface area (Å²) in [5.74, 6) is -2.31. The number of benzene rings is 2. The van der Waals surface area contributed by atoms with Crippen LogP contribution in [0.4, 0.5) is 18.9 Å². The quantitative estimate of drug-likeness (QED) is 0.568. The van der Waals surface area contributed by atoms with Crippen molar-refractivity contribution in [3.05, 3.63) is 59.2 Å². The van der Waals surface area contributed by atoms with Crippen LogP contribution in [0.3, 0.4) is 0 Å². The molecule has 0 aromatic heterocycles. The minimum Gasteiger partial charge on any atom is -0.548 e. The molecule has 7 nitrogen and oxygen atoms in total. The van der Waals surface area contributed by atoms with Gasteiger partial charge in [0, 0.05) is 5.69 Å². The fraction of sp³-hybridized carbons (Fsp3) is 0.176. The van der Waals surface area contributed by atoms with Gasteiger partial charge in [-0.1, -0.05) is 6.07 Å². The number of carboxylic acid groups (broad SMARTS) is 1. The van der Waals surface area contributed by atoms with Gasteiger partial charge in [0.25, 0.3) is 0 Å². The molecule has 2 aromatic carbocycles. The van der Waals surface area contributed by atoms with E-state index in [-0.39, 0.29) is 11.1 Å². The number of hydrogen-bond donors (Lipinski definition) is 1. The molecule has 0 aliphatic carbocycles. The number of hydrogen-bond acceptors (Lipinski definition) is 7. The Bertz CT molecular complexity index is 1030. The van der Waals surface area contributed by atoms with E-state index in [1.165, 1.54) is 37.3 Å². The highest BCUT2D eigenvalue weighted by atomic mass is 32.2. The van der Waals surface area contributed by atoms with E-state index in [4.69, 9.17) is 5.26 Å². The van der Waals surface area contributed by atoms with Gasteiger partial charge in [0.15, 0.2) is 0 Å². The highest BCUT2D eigenvalue weighted by Gasteiger charge is 2.48. The largest absolute Gasteiger partial charge is 0.548 e. The predicted octanol–water partition coefficient (Wildman–Crippen LogP) is 2.00. The van der Waals surface area contributed by atoms with Crippen LogP contribution in [0.2, 0.25) is 0 Å². The summed E-state index contributed by atoms with van der Waals surface area (Å²) >= 11 is 0. The summed E-state index contributed by atoms with van der Waals surface area (Å²) in [4.78, 5) is 11.5. The van der Waals surface area contributed by atoms with E-state index in [1.54, 1.807) is 0 Å². The van der Waals surface area contributed by atoms with E-state index >= 15 is 0 Å². The van der Waals surface area contributed by atoms with Gasteiger partial charge in [-0.3, -0.25) is 0 Å². The molecule has 2 rings (SSSR count). The molecule has 2 aromatic rings. The third-order valence-corrected chi connectivity index (χ3v) is 4.44. The fourth-order valence-electron chi connectivity index (χ4n) is 2.25. The Morgan fingerprint density at radius 3 is 2.32 bits per heavy atom. The average molecular weight is 413 g/mol. The minimum absolute atomic E-state index is 0.0864. The van der Waals surface area contributed by atoms with Crippen LogP contribution in [0.5, 0.6) is 5.75 Å². The molecule has 11 heteroatoms. The Morgan fingerprint density at radius 1 is 1.21 bits per heavy atom. The van der Waals surface area contributed by atoms with Crippen LogP contribution in [-0.2, 0) is 14.9 Å². The number of aryl methyl sites for hydroxylation is 1. The van der Waals surface area contributed by atoms with Gasteiger partial charge in [0.2, 0.25) is 0 Å². The van der Waals surface area contributed by atoms with Crippen molar-refractivity contribution in [1.29, 1.82) is 5.26 Å². The molecule has 0 fully saturated rings. The number of nitrogens with one attached hydrogen (secondary N) is 1. The van der Waals surface area contributed by atoms with Gasteiger partial charge >= 0.3 is 15.6 Å². The lowest BCUT2D eigenvalue weighted by Gasteiger charge is -2.22. The summed E-state index contributed by atoms with van der Waals surface area (Å²) in [6.45, 7) is 1.42. The van der Waals surface area contributed by atoms with E-state index in [0.29, 0.717) is 11.3 Å². The fourth-order valence-corrected chi connectivity index (χ4v) is 2.70. The molecule has 0 heterocycles. The number of carboxylic acids is 1. The zero-order chi connectivity index (χ0) is 21.1. The molecule has 0 amide bonds. The number of aliphatic carboxylic acids is 1. The Hall–Kier alpha value is -3.26. The zero-order valence-corrected chi connectivity index (χ0v) is 15.0. The van der Waals surface area contributed by atoms with E-state index < -0.39 is 33.4 Å². The van der Waals surface area contributed by atoms with Crippen molar-refractivity contribution in [2.75, 3.05) is 5.32 Å². The van der Waals surface area contributed by atoms with Crippen molar-refractivity contribution in [3.8, 4) is 11.8 Å². The van der Waals surface area contributed by atoms with Crippen molar-refractivity contribution in [2.24, 2.45) is 0 Å². The highest BCUT2D eigenvalue weighted by Crippen LogP contribution is 2.30. The number of alkyl halides is 3.